The van der Waals surface area contributed by atoms with Gasteiger partial charge in [-0.1, -0.05) is 6.07 Å². The normalized spacial score (nSPS) is 19.8. The van der Waals surface area contributed by atoms with E-state index in [1.54, 1.807) is 0 Å². The minimum Gasteiger partial charge on any atom is -0.478 e. The smallest absolute Gasteiger partial charge is 0.339 e. The molecular formula is C22H27FN4O4S. The third kappa shape index (κ3) is 5.18. The van der Waals surface area contributed by atoms with E-state index in [-0.39, 0.29) is 16.1 Å². The number of nitrogens with zero attached hydrogens (tertiary/aromatic N) is 3. The number of pyridine rings is 1. The van der Waals surface area contributed by atoms with Gasteiger partial charge < -0.3 is 14.9 Å². The standard InChI is InChI=1S/C22H27FN4O4S/c23-17-6-3-7-19(11-17)32(30,31)25-18-12-20(22(28)29)21(24-13-18)27-10-4-5-16(15-27)14-26-8-1-2-9-26/h3,6-7,11-13,16,25H,1-2,4-5,8-10,14-15H2,(H,28,29). The Kier molecular flexibility index (Phi) is 6.61. The number of aromatic carboxylic acids is 1. The van der Waals surface area contributed by atoms with E-state index in [9.17, 15) is 22.7 Å². The second-order valence-electron chi connectivity index (χ2n) is 8.43. The molecule has 8 nitrogen and oxygen atoms in total. The van der Waals surface area contributed by atoms with E-state index >= 15 is 0 Å². The van der Waals surface area contributed by atoms with Gasteiger partial charge in [0.25, 0.3) is 10.0 Å². The van der Waals surface area contributed by atoms with E-state index in [0.29, 0.717) is 18.3 Å². The summed E-state index contributed by atoms with van der Waals surface area (Å²) in [6, 6.07) is 5.87. The molecule has 2 fully saturated rings. The number of likely N-dealkylation sites (tertiary alicyclic amines) is 1. The van der Waals surface area contributed by atoms with Crippen molar-refractivity contribution in [2.24, 2.45) is 5.92 Å². The molecule has 2 saturated heterocycles. The zero-order valence-electron chi connectivity index (χ0n) is 17.7. The average Bonchev–Trinajstić information content (AvgIpc) is 3.26. The molecule has 4 rings (SSSR count). The maximum atomic E-state index is 13.4. The van der Waals surface area contributed by atoms with E-state index in [4.69, 9.17) is 0 Å². The van der Waals surface area contributed by atoms with Crippen molar-refractivity contribution in [3.8, 4) is 0 Å². The Balaban J connectivity index is 1.53. The highest BCUT2D eigenvalue weighted by molar-refractivity contribution is 7.92. The summed E-state index contributed by atoms with van der Waals surface area (Å²) in [5.41, 5.74) is -0.0488. The highest BCUT2D eigenvalue weighted by atomic mass is 32.2. The van der Waals surface area contributed by atoms with E-state index in [0.717, 1.165) is 51.2 Å². The van der Waals surface area contributed by atoms with Crippen molar-refractivity contribution >= 4 is 27.5 Å². The van der Waals surface area contributed by atoms with Gasteiger partial charge >= 0.3 is 5.97 Å². The molecule has 3 heterocycles. The molecule has 2 aromatic rings. The van der Waals surface area contributed by atoms with Crippen molar-refractivity contribution in [2.45, 2.75) is 30.6 Å². The van der Waals surface area contributed by atoms with E-state index < -0.39 is 21.8 Å². The minimum atomic E-state index is -4.08. The number of piperidine rings is 1. The van der Waals surface area contributed by atoms with Gasteiger partial charge in [-0.05, 0) is 69.0 Å². The molecule has 0 saturated carbocycles. The first kappa shape index (κ1) is 22.5. The molecule has 2 N–H and O–H groups in total. The number of rotatable bonds is 7. The van der Waals surface area contributed by atoms with Gasteiger partial charge in [0, 0.05) is 19.6 Å². The minimum absolute atomic E-state index is 0.0148. The van der Waals surface area contributed by atoms with Crippen LogP contribution in [-0.4, -0.2) is 62.1 Å². The fourth-order valence-electron chi connectivity index (χ4n) is 4.51. The second kappa shape index (κ2) is 9.41. The molecule has 1 aromatic heterocycles. The van der Waals surface area contributed by atoms with Crippen LogP contribution in [0.5, 0.6) is 0 Å². The molecule has 10 heteroatoms. The summed E-state index contributed by atoms with van der Waals surface area (Å²) in [5.74, 6) is -1.07. The van der Waals surface area contributed by atoms with Crippen molar-refractivity contribution in [3.63, 3.8) is 0 Å². The Morgan fingerprint density at radius 2 is 1.97 bits per heavy atom. The fraction of sp³-hybridized carbons (Fsp3) is 0.455. The molecule has 0 aliphatic carbocycles. The maximum Gasteiger partial charge on any atom is 0.339 e. The molecule has 0 amide bonds. The number of carboxylic acids is 1. The average molecular weight is 463 g/mol. The van der Waals surface area contributed by atoms with Crippen LogP contribution in [-0.2, 0) is 10.0 Å². The Morgan fingerprint density at radius 1 is 1.19 bits per heavy atom. The number of carboxylic acid groups (broad SMARTS) is 1. The molecule has 0 bridgehead atoms. The lowest BCUT2D eigenvalue weighted by molar-refractivity contribution is 0.0697. The molecule has 172 valence electrons. The second-order valence-corrected chi connectivity index (χ2v) is 10.1. The van der Waals surface area contributed by atoms with E-state index in [1.807, 2.05) is 4.90 Å². The lowest BCUT2D eigenvalue weighted by atomic mass is 9.97. The molecular weight excluding hydrogens is 435 g/mol. The number of carbonyl (C=O) groups is 1. The van der Waals surface area contributed by atoms with Gasteiger partial charge in [0.15, 0.2) is 0 Å². The van der Waals surface area contributed by atoms with E-state index in [1.165, 1.54) is 37.2 Å². The number of aromatic nitrogens is 1. The molecule has 32 heavy (non-hydrogen) atoms. The van der Waals surface area contributed by atoms with Crippen LogP contribution >= 0.6 is 0 Å². The molecule has 1 atom stereocenters. The summed E-state index contributed by atoms with van der Waals surface area (Å²) in [4.78, 5) is 20.5. The van der Waals surface area contributed by atoms with Crippen LogP contribution in [0.25, 0.3) is 0 Å². The van der Waals surface area contributed by atoms with E-state index in [2.05, 4.69) is 14.6 Å². The lowest BCUT2D eigenvalue weighted by Gasteiger charge is -2.36. The molecule has 0 radical (unpaired) electrons. The van der Waals surface area contributed by atoms with Crippen molar-refractivity contribution in [1.82, 2.24) is 9.88 Å². The van der Waals surface area contributed by atoms with Crippen LogP contribution in [0, 0.1) is 11.7 Å². The first-order chi connectivity index (χ1) is 15.3. The van der Waals surface area contributed by atoms with Gasteiger partial charge in [0.05, 0.1) is 16.8 Å². The topological polar surface area (TPSA) is 103 Å². The predicted molar refractivity (Wildman–Crippen MR) is 119 cm³/mol. The van der Waals surface area contributed by atoms with Crippen molar-refractivity contribution in [1.29, 1.82) is 0 Å². The molecule has 2 aliphatic rings. The maximum absolute atomic E-state index is 13.4. The number of hydrogen-bond donors (Lipinski definition) is 2. The van der Waals surface area contributed by atoms with Gasteiger partial charge in [-0.3, -0.25) is 4.72 Å². The summed E-state index contributed by atoms with van der Waals surface area (Å²) in [6.07, 6.45) is 5.82. The largest absolute Gasteiger partial charge is 0.478 e. The third-order valence-corrected chi connectivity index (χ3v) is 7.37. The summed E-state index contributed by atoms with van der Waals surface area (Å²) in [5, 5.41) is 9.77. The Morgan fingerprint density at radius 3 is 2.69 bits per heavy atom. The van der Waals surface area contributed by atoms with Gasteiger partial charge in [0.1, 0.15) is 17.2 Å². The highest BCUT2D eigenvalue weighted by Gasteiger charge is 2.27. The monoisotopic (exact) mass is 462 g/mol. The summed E-state index contributed by atoms with van der Waals surface area (Å²) < 4.78 is 40.9. The molecule has 1 aromatic carbocycles. The predicted octanol–water partition coefficient (Wildman–Crippen LogP) is 3.03. The third-order valence-electron chi connectivity index (χ3n) is 5.99. The fourth-order valence-corrected chi connectivity index (χ4v) is 5.57. The van der Waals surface area contributed by atoms with Crippen molar-refractivity contribution in [2.75, 3.05) is 42.3 Å². The van der Waals surface area contributed by atoms with Crippen LogP contribution in [0.4, 0.5) is 15.9 Å². The highest BCUT2D eigenvalue weighted by Crippen LogP contribution is 2.28. The lowest BCUT2D eigenvalue weighted by Crippen LogP contribution is -2.41. The van der Waals surface area contributed by atoms with Crippen molar-refractivity contribution < 1.29 is 22.7 Å². The molecule has 2 aliphatic heterocycles. The quantitative estimate of drug-likeness (QED) is 0.652. The van der Waals surface area contributed by atoms with Crippen molar-refractivity contribution in [3.05, 3.63) is 47.9 Å². The van der Waals surface area contributed by atoms with Crippen LogP contribution in [0.3, 0.4) is 0 Å². The van der Waals surface area contributed by atoms with Gasteiger partial charge in [-0.15, -0.1) is 0 Å². The van der Waals surface area contributed by atoms with Gasteiger partial charge in [-0.2, -0.15) is 0 Å². The summed E-state index contributed by atoms with van der Waals surface area (Å²) >= 11 is 0. The van der Waals surface area contributed by atoms with Gasteiger partial charge in [0.2, 0.25) is 0 Å². The van der Waals surface area contributed by atoms with Crippen LogP contribution in [0.1, 0.15) is 36.0 Å². The first-order valence-corrected chi connectivity index (χ1v) is 12.3. The summed E-state index contributed by atoms with van der Waals surface area (Å²) in [6.45, 7) is 4.67. The summed E-state index contributed by atoms with van der Waals surface area (Å²) in [7, 11) is -4.08. The Bertz CT molecular complexity index is 1090. The first-order valence-electron chi connectivity index (χ1n) is 10.8. The number of hydrogen-bond acceptors (Lipinski definition) is 6. The number of anilines is 2. The Labute approximate surface area is 187 Å². The zero-order chi connectivity index (χ0) is 22.7. The molecule has 0 spiro atoms. The Hall–Kier alpha value is -2.72. The number of sulfonamides is 1. The van der Waals surface area contributed by atoms with Gasteiger partial charge in [-0.25, -0.2) is 22.6 Å². The SMILES string of the molecule is O=C(O)c1cc(NS(=O)(=O)c2cccc(F)c2)cnc1N1CCCC(CN2CCCC2)C1. The number of halogens is 1. The molecule has 1 unspecified atom stereocenters. The van der Waals surface area contributed by atoms with Crippen LogP contribution in [0.2, 0.25) is 0 Å². The number of benzene rings is 1. The number of nitrogens with one attached hydrogen (secondary N) is 1. The zero-order valence-corrected chi connectivity index (χ0v) is 18.5. The van der Waals surface area contributed by atoms with Crippen LogP contribution in [0.15, 0.2) is 41.4 Å². The van der Waals surface area contributed by atoms with Crippen LogP contribution < -0.4 is 9.62 Å².